The Balaban J connectivity index is 0.993. The number of allylic oxidation sites excluding steroid dienone is 1. The zero-order valence-corrected chi connectivity index (χ0v) is 34.9. The fourth-order valence-electron chi connectivity index (χ4n) is 13.6. The van der Waals surface area contributed by atoms with Crippen molar-refractivity contribution >= 4 is 0 Å². The molecule has 16 heteroatoms. The number of hydrogen-bond acceptors (Lipinski definition) is 16. The summed E-state index contributed by atoms with van der Waals surface area (Å²) in [6.45, 7) is 10.9. The molecule has 25 atom stereocenters. The van der Waals surface area contributed by atoms with E-state index < -0.39 is 103 Å². The second kappa shape index (κ2) is 16.0. The van der Waals surface area contributed by atoms with Gasteiger partial charge in [0.1, 0.15) is 54.9 Å². The van der Waals surface area contributed by atoms with Crippen molar-refractivity contribution in [3.8, 4) is 0 Å². The number of hydrogen-bond donors (Lipinski definition) is 8. The Morgan fingerprint density at radius 3 is 2.15 bits per heavy atom. The lowest BCUT2D eigenvalue weighted by Crippen LogP contribution is -2.65. The van der Waals surface area contributed by atoms with E-state index in [1.807, 2.05) is 0 Å². The van der Waals surface area contributed by atoms with E-state index in [1.165, 1.54) is 6.92 Å². The van der Waals surface area contributed by atoms with Crippen LogP contribution in [-0.4, -0.2) is 165 Å². The highest BCUT2D eigenvalue weighted by Gasteiger charge is 2.69. The first-order valence-corrected chi connectivity index (χ1v) is 22.3. The Labute approximate surface area is 346 Å². The maximum atomic E-state index is 11.4. The van der Waals surface area contributed by atoms with Gasteiger partial charge in [-0.15, -0.1) is 0 Å². The number of aliphatic hydroxyl groups is 8. The fourth-order valence-corrected chi connectivity index (χ4v) is 13.6. The van der Waals surface area contributed by atoms with Crippen LogP contribution in [0.4, 0.5) is 0 Å². The summed E-state index contributed by atoms with van der Waals surface area (Å²) in [5.74, 6) is 1.70. The average molecular weight is 841 g/mol. The Kier molecular flexibility index (Phi) is 11.7. The first kappa shape index (κ1) is 43.4. The monoisotopic (exact) mass is 840 g/mol. The smallest absolute Gasteiger partial charge is 0.187 e. The van der Waals surface area contributed by atoms with E-state index in [4.69, 9.17) is 37.9 Å². The maximum Gasteiger partial charge on any atom is 0.187 e. The van der Waals surface area contributed by atoms with E-state index in [2.05, 4.69) is 33.8 Å². The predicted molar refractivity (Wildman–Crippen MR) is 204 cm³/mol. The third-order valence-electron chi connectivity index (χ3n) is 17.0. The topological polar surface area (TPSA) is 236 Å². The van der Waals surface area contributed by atoms with Crippen molar-refractivity contribution in [2.24, 2.45) is 46.3 Å². The van der Waals surface area contributed by atoms with E-state index in [-0.39, 0.29) is 36.6 Å². The molecule has 0 radical (unpaired) electrons. The van der Waals surface area contributed by atoms with Crippen molar-refractivity contribution in [2.75, 3.05) is 19.8 Å². The van der Waals surface area contributed by atoms with Crippen LogP contribution >= 0.6 is 0 Å². The minimum absolute atomic E-state index is 0.0744. The molecule has 9 rings (SSSR count). The summed E-state index contributed by atoms with van der Waals surface area (Å²) < 4.78 is 50.6. The minimum atomic E-state index is -1.71. The lowest BCUT2D eigenvalue weighted by Gasteiger charge is -2.60. The molecule has 9 aliphatic rings. The SMILES string of the molecule is C[C@@H]1CC[C@@]2(OC1)OC1C[C@H]3[C@@H]4CC=C5C[C@@H](O)C[C@@H](O[C@H]6OC[C@H](O)[C@H](O[C@@H]7OC[C@@H](O)[C@H](O)[C@H]7O)[C@@H]6O[C@@H]6O[C@@H](C)[C@H](O)[C@@H](O)[C@H]6O)[C@]5(C)[C@H]4CC[C@]3(C)C1[C@@H]2C. The van der Waals surface area contributed by atoms with Gasteiger partial charge in [-0.25, -0.2) is 0 Å². The second-order valence-electron chi connectivity index (χ2n) is 20.3. The second-order valence-corrected chi connectivity index (χ2v) is 20.3. The van der Waals surface area contributed by atoms with Gasteiger partial charge in [0, 0.05) is 24.2 Å². The average Bonchev–Trinajstić information content (AvgIpc) is 3.65. The Bertz CT molecular complexity index is 1540. The fraction of sp³-hybridized carbons (Fsp3) is 0.953. The molecule has 59 heavy (non-hydrogen) atoms. The largest absolute Gasteiger partial charge is 0.393 e. The molecular weight excluding hydrogens is 772 g/mol. The van der Waals surface area contributed by atoms with E-state index in [0.717, 1.165) is 50.7 Å². The first-order chi connectivity index (χ1) is 28.0. The van der Waals surface area contributed by atoms with Crippen LogP contribution in [0.2, 0.25) is 0 Å². The van der Waals surface area contributed by atoms with Gasteiger partial charge in [-0.3, -0.25) is 0 Å². The Morgan fingerprint density at radius 1 is 0.695 bits per heavy atom. The number of fused-ring (bicyclic) bond motifs is 7. The molecule has 8 fully saturated rings. The maximum absolute atomic E-state index is 11.4. The molecule has 2 unspecified atom stereocenters. The third-order valence-corrected chi connectivity index (χ3v) is 17.0. The molecule has 0 amide bonds. The summed E-state index contributed by atoms with van der Waals surface area (Å²) in [4.78, 5) is 0. The van der Waals surface area contributed by atoms with Crippen molar-refractivity contribution in [2.45, 2.75) is 190 Å². The van der Waals surface area contributed by atoms with Gasteiger partial charge < -0.3 is 78.7 Å². The summed E-state index contributed by atoms with van der Waals surface area (Å²) in [7, 11) is 0. The molecule has 0 aromatic heterocycles. The van der Waals surface area contributed by atoms with E-state index in [0.29, 0.717) is 36.5 Å². The van der Waals surface area contributed by atoms with Crippen LogP contribution in [0, 0.1) is 46.3 Å². The molecule has 0 aromatic rings. The Hall–Kier alpha value is -0.900. The van der Waals surface area contributed by atoms with E-state index >= 15 is 0 Å². The van der Waals surface area contributed by atoms with Gasteiger partial charge >= 0.3 is 0 Å². The van der Waals surface area contributed by atoms with Crippen LogP contribution in [0.1, 0.15) is 86.0 Å². The lowest BCUT2D eigenvalue weighted by atomic mass is 9.46. The van der Waals surface area contributed by atoms with Crippen LogP contribution in [0.15, 0.2) is 11.6 Å². The van der Waals surface area contributed by atoms with Gasteiger partial charge in [-0.2, -0.15) is 0 Å². The van der Waals surface area contributed by atoms with Crippen LogP contribution in [0.25, 0.3) is 0 Å². The van der Waals surface area contributed by atoms with Gasteiger partial charge in [0.05, 0.1) is 44.2 Å². The Morgan fingerprint density at radius 2 is 1.41 bits per heavy atom. The summed E-state index contributed by atoms with van der Waals surface area (Å²) in [5.41, 5.74) is 0.698. The van der Waals surface area contributed by atoms with Crippen LogP contribution in [-0.2, 0) is 37.9 Å². The number of rotatable bonds is 6. The van der Waals surface area contributed by atoms with Crippen molar-refractivity contribution in [3.05, 3.63) is 11.6 Å². The molecule has 3 saturated carbocycles. The standard InChI is InChI=1S/C43H68O16/c1-18-8-11-43(54-15-18)19(2)30-28(59-43)14-25-23-7-6-21-12-22(44)13-29(42(21,5)24(23)9-10-41(25,30)4)56-40-37(58-39-35(51)33(49)31(47)20(3)55-39)36(27(46)17-53-40)57-38-34(50)32(48)26(45)16-52-38/h6,18-20,22-40,44-51H,7-17H2,1-5H3/t18-,19+,20+,22-,23-,24+,25+,26-,27+,28?,29-,30?,31+,32+,33-,34-,35-,36+,37+,38+,39+,40-,41+,42+,43-/m1/s1. The summed E-state index contributed by atoms with van der Waals surface area (Å²) in [5, 5.41) is 86.2. The van der Waals surface area contributed by atoms with Gasteiger partial charge in [0.15, 0.2) is 24.7 Å². The summed E-state index contributed by atoms with van der Waals surface area (Å²) in [6.07, 6.45) is -10.9. The minimum Gasteiger partial charge on any atom is -0.393 e. The van der Waals surface area contributed by atoms with Crippen molar-refractivity contribution < 1.29 is 78.7 Å². The lowest BCUT2D eigenvalue weighted by molar-refractivity contribution is -0.382. The summed E-state index contributed by atoms with van der Waals surface area (Å²) >= 11 is 0. The third kappa shape index (κ3) is 7.02. The van der Waals surface area contributed by atoms with Gasteiger partial charge in [0.2, 0.25) is 0 Å². The molecule has 5 aliphatic heterocycles. The predicted octanol–water partition coefficient (Wildman–Crippen LogP) is 0.463. The molecule has 5 heterocycles. The molecule has 5 saturated heterocycles. The van der Waals surface area contributed by atoms with Crippen molar-refractivity contribution in [1.82, 2.24) is 0 Å². The molecule has 0 bridgehead atoms. The zero-order valence-electron chi connectivity index (χ0n) is 34.9. The van der Waals surface area contributed by atoms with E-state index in [9.17, 15) is 40.9 Å². The van der Waals surface area contributed by atoms with Crippen LogP contribution in [0.5, 0.6) is 0 Å². The van der Waals surface area contributed by atoms with Crippen LogP contribution < -0.4 is 0 Å². The molecule has 8 N–H and O–H groups in total. The first-order valence-electron chi connectivity index (χ1n) is 22.3. The normalized spacial score (nSPS) is 58.7. The van der Waals surface area contributed by atoms with Gasteiger partial charge in [0.25, 0.3) is 0 Å². The molecule has 1 spiro atoms. The molecule has 0 aromatic carbocycles. The van der Waals surface area contributed by atoms with Crippen molar-refractivity contribution in [1.29, 1.82) is 0 Å². The van der Waals surface area contributed by atoms with E-state index in [1.54, 1.807) is 0 Å². The highest BCUT2D eigenvalue weighted by molar-refractivity contribution is 5.29. The molecule has 16 nitrogen and oxygen atoms in total. The molecule has 4 aliphatic carbocycles. The highest BCUT2D eigenvalue weighted by Crippen LogP contribution is 2.71. The summed E-state index contributed by atoms with van der Waals surface area (Å²) in [6, 6.07) is 0. The van der Waals surface area contributed by atoms with Crippen LogP contribution in [0.3, 0.4) is 0 Å². The molecular formula is C43H68O16. The zero-order chi connectivity index (χ0) is 41.9. The van der Waals surface area contributed by atoms with Crippen molar-refractivity contribution in [3.63, 3.8) is 0 Å². The highest BCUT2D eigenvalue weighted by atomic mass is 16.8. The number of ether oxygens (including phenoxy) is 8. The quantitative estimate of drug-likeness (QED) is 0.170. The van der Waals surface area contributed by atoms with Gasteiger partial charge in [-0.05, 0) is 80.5 Å². The number of aliphatic hydroxyl groups excluding tert-OH is 8. The molecule has 336 valence electrons. The van der Waals surface area contributed by atoms with Gasteiger partial charge in [-0.1, -0.05) is 39.3 Å².